The van der Waals surface area contributed by atoms with Crippen LogP contribution in [0.2, 0.25) is 5.15 Å². The number of aliphatic hydroxyl groups excluding tert-OH is 1. The Morgan fingerprint density at radius 3 is 2.93 bits per heavy atom. The molecule has 15 heavy (non-hydrogen) atoms. The minimum absolute atomic E-state index is 0.269. The summed E-state index contributed by atoms with van der Waals surface area (Å²) in [6, 6.07) is 0. The van der Waals surface area contributed by atoms with Gasteiger partial charge in [-0.1, -0.05) is 11.6 Å². The van der Waals surface area contributed by atoms with Gasteiger partial charge in [0, 0.05) is 32.1 Å². The SMILES string of the molecule is OC[C@@H]1CCN(Cc2nccnc2Cl)C1. The number of aromatic nitrogens is 2. The molecule has 1 atom stereocenters. The molecule has 2 rings (SSSR count). The third-order valence-corrected chi connectivity index (χ3v) is 3.04. The van der Waals surface area contributed by atoms with Gasteiger partial charge < -0.3 is 5.11 Å². The highest BCUT2D eigenvalue weighted by molar-refractivity contribution is 6.29. The molecule has 1 fully saturated rings. The van der Waals surface area contributed by atoms with Crippen molar-refractivity contribution in [2.24, 2.45) is 5.92 Å². The van der Waals surface area contributed by atoms with E-state index >= 15 is 0 Å². The van der Waals surface area contributed by atoms with Crippen molar-refractivity contribution in [1.29, 1.82) is 0 Å². The molecular weight excluding hydrogens is 214 g/mol. The van der Waals surface area contributed by atoms with E-state index in [1.54, 1.807) is 12.4 Å². The summed E-state index contributed by atoms with van der Waals surface area (Å²) in [7, 11) is 0. The van der Waals surface area contributed by atoms with E-state index in [1.807, 2.05) is 0 Å². The Kier molecular flexibility index (Phi) is 3.51. The van der Waals surface area contributed by atoms with Gasteiger partial charge in [0.2, 0.25) is 0 Å². The van der Waals surface area contributed by atoms with Crippen molar-refractivity contribution in [3.63, 3.8) is 0 Å². The lowest BCUT2D eigenvalue weighted by Gasteiger charge is -2.14. The number of hydrogen-bond donors (Lipinski definition) is 1. The number of likely N-dealkylation sites (tertiary alicyclic amines) is 1. The molecule has 0 bridgehead atoms. The van der Waals surface area contributed by atoms with Gasteiger partial charge in [-0.3, -0.25) is 9.88 Å². The van der Waals surface area contributed by atoms with E-state index in [4.69, 9.17) is 16.7 Å². The maximum atomic E-state index is 9.02. The van der Waals surface area contributed by atoms with Crippen LogP contribution >= 0.6 is 11.6 Å². The molecule has 1 aromatic rings. The molecule has 5 heteroatoms. The van der Waals surface area contributed by atoms with Gasteiger partial charge in [0.25, 0.3) is 0 Å². The fourth-order valence-electron chi connectivity index (χ4n) is 1.87. The number of rotatable bonds is 3. The smallest absolute Gasteiger partial charge is 0.151 e. The second kappa shape index (κ2) is 4.88. The van der Waals surface area contributed by atoms with Gasteiger partial charge in [-0.05, 0) is 18.9 Å². The third kappa shape index (κ3) is 2.65. The van der Waals surface area contributed by atoms with Crippen LogP contribution in [0.3, 0.4) is 0 Å². The second-order valence-electron chi connectivity index (χ2n) is 3.87. The minimum atomic E-state index is 0.269. The molecule has 1 aliphatic rings. The molecule has 0 amide bonds. The van der Waals surface area contributed by atoms with E-state index in [0.29, 0.717) is 11.1 Å². The average molecular weight is 228 g/mol. The third-order valence-electron chi connectivity index (χ3n) is 2.72. The zero-order valence-electron chi connectivity index (χ0n) is 8.43. The molecule has 0 aliphatic carbocycles. The predicted octanol–water partition coefficient (Wildman–Crippen LogP) is 0.944. The molecule has 1 aliphatic heterocycles. The Morgan fingerprint density at radius 2 is 2.27 bits per heavy atom. The summed E-state index contributed by atoms with van der Waals surface area (Å²) in [6.07, 6.45) is 4.29. The van der Waals surface area contributed by atoms with Crippen molar-refractivity contribution in [3.05, 3.63) is 23.2 Å². The van der Waals surface area contributed by atoms with E-state index in [2.05, 4.69) is 14.9 Å². The van der Waals surface area contributed by atoms with Gasteiger partial charge in [-0.25, -0.2) is 4.98 Å². The van der Waals surface area contributed by atoms with Gasteiger partial charge in [0.05, 0.1) is 5.69 Å². The van der Waals surface area contributed by atoms with E-state index in [9.17, 15) is 0 Å². The molecule has 0 saturated carbocycles. The topological polar surface area (TPSA) is 49.2 Å². The van der Waals surface area contributed by atoms with Crippen LogP contribution in [0.4, 0.5) is 0 Å². The minimum Gasteiger partial charge on any atom is -0.396 e. The second-order valence-corrected chi connectivity index (χ2v) is 4.22. The van der Waals surface area contributed by atoms with Gasteiger partial charge in [-0.2, -0.15) is 0 Å². The standard InChI is InChI=1S/C10H14ClN3O/c11-10-9(12-2-3-13-10)6-14-4-1-8(5-14)7-15/h2-3,8,15H,1,4-7H2/t8-/m1/s1. The van der Waals surface area contributed by atoms with E-state index in [-0.39, 0.29) is 6.61 Å². The quantitative estimate of drug-likeness (QED) is 0.835. The lowest BCUT2D eigenvalue weighted by molar-refractivity contribution is 0.219. The fourth-order valence-corrected chi connectivity index (χ4v) is 2.04. The summed E-state index contributed by atoms with van der Waals surface area (Å²) in [5.74, 6) is 0.403. The van der Waals surface area contributed by atoms with Gasteiger partial charge in [0.15, 0.2) is 5.15 Å². The maximum absolute atomic E-state index is 9.02. The zero-order valence-corrected chi connectivity index (χ0v) is 9.19. The van der Waals surface area contributed by atoms with Crippen LogP contribution in [-0.4, -0.2) is 39.7 Å². The molecule has 0 spiro atoms. The van der Waals surface area contributed by atoms with E-state index < -0.39 is 0 Å². The van der Waals surface area contributed by atoms with E-state index in [1.165, 1.54) is 0 Å². The van der Waals surface area contributed by atoms with Gasteiger partial charge in [-0.15, -0.1) is 0 Å². The highest BCUT2D eigenvalue weighted by Gasteiger charge is 2.22. The lowest BCUT2D eigenvalue weighted by atomic mass is 10.1. The molecule has 2 heterocycles. The normalized spacial score (nSPS) is 22.1. The number of aliphatic hydroxyl groups is 1. The largest absolute Gasteiger partial charge is 0.396 e. The lowest BCUT2D eigenvalue weighted by Crippen LogP contribution is -2.21. The molecule has 0 aromatic carbocycles. The van der Waals surface area contributed by atoms with Crippen molar-refractivity contribution < 1.29 is 5.11 Å². The summed E-state index contributed by atoms with van der Waals surface area (Å²) >= 11 is 5.92. The Bertz CT molecular complexity index is 334. The van der Waals surface area contributed by atoms with Gasteiger partial charge in [0.1, 0.15) is 0 Å². The predicted molar refractivity (Wildman–Crippen MR) is 57.5 cm³/mol. The zero-order chi connectivity index (χ0) is 10.7. The van der Waals surface area contributed by atoms with Crippen LogP contribution in [0, 0.1) is 5.92 Å². The summed E-state index contributed by atoms with van der Waals surface area (Å²) in [5, 5.41) is 9.50. The Hall–Kier alpha value is -0.710. The first-order chi connectivity index (χ1) is 7.29. The Balaban J connectivity index is 1.96. The molecule has 4 nitrogen and oxygen atoms in total. The average Bonchev–Trinajstić information content (AvgIpc) is 2.69. The van der Waals surface area contributed by atoms with Crippen molar-refractivity contribution in [2.75, 3.05) is 19.7 Å². The first-order valence-electron chi connectivity index (χ1n) is 5.08. The van der Waals surface area contributed by atoms with Gasteiger partial charge >= 0.3 is 0 Å². The molecular formula is C10H14ClN3O. The van der Waals surface area contributed by atoms with Crippen molar-refractivity contribution in [3.8, 4) is 0 Å². The van der Waals surface area contributed by atoms with Crippen LogP contribution in [0.5, 0.6) is 0 Å². The summed E-state index contributed by atoms with van der Waals surface area (Å²) < 4.78 is 0. The van der Waals surface area contributed by atoms with Crippen LogP contribution in [0.15, 0.2) is 12.4 Å². The van der Waals surface area contributed by atoms with E-state index in [0.717, 1.165) is 31.7 Å². The highest BCUT2D eigenvalue weighted by atomic mass is 35.5. The van der Waals surface area contributed by atoms with Crippen molar-refractivity contribution in [1.82, 2.24) is 14.9 Å². The summed E-state index contributed by atoms with van der Waals surface area (Å²) in [4.78, 5) is 10.4. The Morgan fingerprint density at radius 1 is 1.47 bits per heavy atom. The number of halogens is 1. The van der Waals surface area contributed by atoms with Crippen LogP contribution in [0.1, 0.15) is 12.1 Å². The maximum Gasteiger partial charge on any atom is 0.151 e. The molecule has 82 valence electrons. The number of hydrogen-bond acceptors (Lipinski definition) is 4. The summed E-state index contributed by atoms with van der Waals surface area (Å²) in [6.45, 7) is 2.91. The molecule has 1 N–H and O–H groups in total. The summed E-state index contributed by atoms with van der Waals surface area (Å²) in [5.41, 5.74) is 0.817. The highest BCUT2D eigenvalue weighted by Crippen LogP contribution is 2.19. The molecule has 0 unspecified atom stereocenters. The Labute approximate surface area is 93.9 Å². The van der Waals surface area contributed by atoms with Crippen molar-refractivity contribution >= 4 is 11.6 Å². The van der Waals surface area contributed by atoms with Crippen LogP contribution in [0.25, 0.3) is 0 Å². The van der Waals surface area contributed by atoms with Crippen LogP contribution < -0.4 is 0 Å². The first-order valence-corrected chi connectivity index (χ1v) is 5.46. The molecule has 0 radical (unpaired) electrons. The van der Waals surface area contributed by atoms with Crippen molar-refractivity contribution in [2.45, 2.75) is 13.0 Å². The van der Waals surface area contributed by atoms with Crippen LogP contribution in [-0.2, 0) is 6.54 Å². The fraction of sp³-hybridized carbons (Fsp3) is 0.600. The molecule has 1 saturated heterocycles. The monoisotopic (exact) mass is 227 g/mol. The molecule has 1 aromatic heterocycles. The number of nitrogens with zero attached hydrogens (tertiary/aromatic N) is 3. The first kappa shape index (κ1) is 10.8.